The number of alkyl halides is 1. The number of halogens is 1. The van der Waals surface area contributed by atoms with Crippen LogP contribution in [0, 0.1) is 5.92 Å². The van der Waals surface area contributed by atoms with Gasteiger partial charge >= 0.3 is 0 Å². The van der Waals surface area contributed by atoms with E-state index in [1.807, 2.05) is 6.07 Å². The van der Waals surface area contributed by atoms with Gasteiger partial charge in [-0.15, -0.1) is 0 Å². The maximum absolute atomic E-state index is 14.9. The van der Waals surface area contributed by atoms with Crippen molar-refractivity contribution in [2.45, 2.75) is 31.4 Å². The van der Waals surface area contributed by atoms with Crippen LogP contribution in [0.5, 0.6) is 0 Å². The van der Waals surface area contributed by atoms with Gasteiger partial charge < -0.3 is 10.2 Å². The van der Waals surface area contributed by atoms with Gasteiger partial charge in [-0.25, -0.2) is 13.9 Å². The molecule has 0 bridgehead atoms. The quantitative estimate of drug-likeness (QED) is 0.930. The van der Waals surface area contributed by atoms with Crippen LogP contribution >= 0.6 is 0 Å². The molecule has 122 valence electrons. The summed E-state index contributed by atoms with van der Waals surface area (Å²) in [5, 5.41) is 6.98. The predicted octanol–water partition coefficient (Wildman–Crippen LogP) is 1.56. The maximum Gasteiger partial charge on any atom is 0.223 e. The van der Waals surface area contributed by atoms with Gasteiger partial charge in [-0.05, 0) is 18.9 Å². The molecule has 6 nitrogen and oxygen atoms in total. The van der Waals surface area contributed by atoms with Gasteiger partial charge in [0, 0.05) is 44.2 Å². The van der Waals surface area contributed by atoms with Gasteiger partial charge in [0.25, 0.3) is 0 Å². The lowest BCUT2D eigenvalue weighted by atomic mass is 9.93. The second kappa shape index (κ2) is 5.47. The highest BCUT2D eigenvalue weighted by molar-refractivity contribution is 5.80. The Morgan fingerprint density at radius 1 is 1.35 bits per heavy atom. The summed E-state index contributed by atoms with van der Waals surface area (Å²) < 4.78 is 16.7. The van der Waals surface area contributed by atoms with Gasteiger partial charge in [0.05, 0.1) is 12.7 Å². The van der Waals surface area contributed by atoms with E-state index in [1.54, 1.807) is 23.1 Å². The minimum absolute atomic E-state index is 0.00940. The van der Waals surface area contributed by atoms with Crippen molar-refractivity contribution in [2.24, 2.45) is 5.92 Å². The summed E-state index contributed by atoms with van der Waals surface area (Å²) >= 11 is 0. The van der Waals surface area contributed by atoms with Crippen LogP contribution in [0.25, 0.3) is 5.52 Å². The lowest BCUT2D eigenvalue weighted by molar-refractivity contribution is -0.123. The molecule has 2 aromatic heterocycles. The van der Waals surface area contributed by atoms with Crippen molar-refractivity contribution in [3.63, 3.8) is 0 Å². The zero-order valence-corrected chi connectivity index (χ0v) is 12.9. The van der Waals surface area contributed by atoms with Gasteiger partial charge in [-0.3, -0.25) is 4.79 Å². The number of hydrogen-bond donors (Lipinski definition) is 1. The molecule has 1 N–H and O–H groups in total. The van der Waals surface area contributed by atoms with Crippen molar-refractivity contribution in [2.75, 3.05) is 24.5 Å². The van der Waals surface area contributed by atoms with Crippen molar-refractivity contribution in [1.29, 1.82) is 0 Å². The largest absolute Gasteiger partial charge is 0.355 e. The number of fused-ring (bicyclic) bond motifs is 1. The molecule has 1 aliphatic carbocycles. The summed E-state index contributed by atoms with van der Waals surface area (Å²) in [5.41, 5.74) is -0.382. The number of rotatable bonds is 4. The van der Waals surface area contributed by atoms with Crippen LogP contribution in [-0.2, 0) is 4.79 Å². The number of anilines is 1. The Labute approximate surface area is 133 Å². The number of piperidine rings is 1. The molecule has 0 aromatic carbocycles. The molecule has 0 radical (unpaired) electrons. The molecule has 1 saturated carbocycles. The van der Waals surface area contributed by atoms with Crippen molar-refractivity contribution in [1.82, 2.24) is 19.9 Å². The van der Waals surface area contributed by atoms with Gasteiger partial charge in [0.1, 0.15) is 11.2 Å². The first-order valence-corrected chi connectivity index (χ1v) is 8.15. The number of carbonyl (C=O) groups excluding carboxylic acids is 1. The maximum atomic E-state index is 14.9. The fourth-order valence-electron chi connectivity index (χ4n) is 3.12. The molecular formula is C16H20FN5O. The van der Waals surface area contributed by atoms with E-state index in [0.717, 1.165) is 24.2 Å². The molecule has 1 aliphatic heterocycles. The average molecular weight is 317 g/mol. The summed E-state index contributed by atoms with van der Waals surface area (Å²) in [5.74, 6) is 0.978. The van der Waals surface area contributed by atoms with Crippen LogP contribution in [0.1, 0.15) is 25.7 Å². The summed E-state index contributed by atoms with van der Waals surface area (Å²) in [6, 6.07) is 1.91. The normalized spacial score (nSPS) is 20.7. The summed E-state index contributed by atoms with van der Waals surface area (Å²) in [4.78, 5) is 18.2. The van der Waals surface area contributed by atoms with E-state index in [-0.39, 0.29) is 18.4 Å². The van der Waals surface area contributed by atoms with Crippen LogP contribution in [0.4, 0.5) is 10.2 Å². The highest BCUT2D eigenvalue weighted by atomic mass is 19.1. The van der Waals surface area contributed by atoms with E-state index in [9.17, 15) is 9.18 Å². The molecule has 2 fully saturated rings. The highest BCUT2D eigenvalue weighted by Crippen LogP contribution is 2.31. The van der Waals surface area contributed by atoms with Gasteiger partial charge in [0.2, 0.25) is 5.91 Å². The van der Waals surface area contributed by atoms with E-state index in [2.05, 4.69) is 20.3 Å². The third kappa shape index (κ3) is 2.87. The second-order valence-electron chi connectivity index (χ2n) is 6.54. The molecule has 7 heteroatoms. The van der Waals surface area contributed by atoms with Gasteiger partial charge in [0.15, 0.2) is 5.82 Å². The van der Waals surface area contributed by atoms with E-state index in [1.165, 1.54) is 0 Å². The van der Waals surface area contributed by atoms with Gasteiger partial charge in [-0.2, -0.15) is 5.10 Å². The molecule has 0 spiro atoms. The molecule has 23 heavy (non-hydrogen) atoms. The summed E-state index contributed by atoms with van der Waals surface area (Å²) in [6.45, 7) is 1.31. The predicted molar refractivity (Wildman–Crippen MR) is 84.0 cm³/mol. The van der Waals surface area contributed by atoms with Crippen LogP contribution in [-0.4, -0.2) is 45.8 Å². The Morgan fingerprint density at radius 3 is 2.87 bits per heavy atom. The highest BCUT2D eigenvalue weighted by Gasteiger charge is 2.37. The zero-order chi connectivity index (χ0) is 15.9. The average Bonchev–Trinajstić information content (AvgIpc) is 3.30. The number of nitrogens with one attached hydrogen (secondary N) is 1. The first-order valence-electron chi connectivity index (χ1n) is 8.15. The minimum Gasteiger partial charge on any atom is -0.355 e. The Hall–Kier alpha value is -2.18. The molecule has 1 amide bonds. The SMILES string of the molecule is O=C(NCC1(F)CCN(c2nccn3nccc23)CC1)C1CC1. The second-order valence-corrected chi connectivity index (χ2v) is 6.54. The fraction of sp³-hybridized carbons (Fsp3) is 0.562. The molecule has 0 unspecified atom stereocenters. The fourth-order valence-corrected chi connectivity index (χ4v) is 3.12. The molecule has 2 aromatic rings. The molecule has 3 heterocycles. The summed E-state index contributed by atoms with van der Waals surface area (Å²) in [6.07, 6.45) is 7.93. The number of hydrogen-bond acceptors (Lipinski definition) is 4. The standard InChI is InChI=1S/C16H20FN5O/c17-16(11-19-15(23)12-1-2-12)4-8-21(9-5-16)14-13-3-6-20-22(13)10-7-18-14/h3,6-7,10,12H,1-2,4-5,8-9,11H2,(H,19,23). The Balaban J connectivity index is 1.40. The van der Waals surface area contributed by atoms with Crippen LogP contribution < -0.4 is 10.2 Å². The summed E-state index contributed by atoms with van der Waals surface area (Å²) in [7, 11) is 0. The van der Waals surface area contributed by atoms with Crippen LogP contribution in [0.15, 0.2) is 24.7 Å². The van der Waals surface area contributed by atoms with Crippen molar-refractivity contribution >= 4 is 17.2 Å². The number of aromatic nitrogens is 3. The topological polar surface area (TPSA) is 62.5 Å². The van der Waals surface area contributed by atoms with E-state index in [0.29, 0.717) is 25.9 Å². The smallest absolute Gasteiger partial charge is 0.223 e. The number of carbonyl (C=O) groups is 1. The molecule has 2 aliphatic rings. The van der Waals surface area contributed by atoms with Gasteiger partial charge in [-0.1, -0.05) is 0 Å². The first-order chi connectivity index (χ1) is 11.1. The Bertz CT molecular complexity index is 718. The van der Waals surface area contributed by atoms with E-state index < -0.39 is 5.67 Å². The molecular weight excluding hydrogens is 297 g/mol. The third-order valence-electron chi connectivity index (χ3n) is 4.79. The Morgan fingerprint density at radius 2 is 2.13 bits per heavy atom. The van der Waals surface area contributed by atoms with Crippen LogP contribution in [0.3, 0.4) is 0 Å². The van der Waals surface area contributed by atoms with Crippen molar-refractivity contribution in [3.8, 4) is 0 Å². The first kappa shape index (κ1) is 14.4. The monoisotopic (exact) mass is 317 g/mol. The van der Waals surface area contributed by atoms with E-state index in [4.69, 9.17) is 0 Å². The van der Waals surface area contributed by atoms with E-state index >= 15 is 0 Å². The Kier molecular flexibility index (Phi) is 3.43. The third-order valence-corrected chi connectivity index (χ3v) is 4.79. The van der Waals surface area contributed by atoms with Crippen molar-refractivity contribution < 1.29 is 9.18 Å². The minimum atomic E-state index is -1.31. The lowest BCUT2D eigenvalue weighted by Gasteiger charge is -2.37. The number of amides is 1. The molecule has 4 rings (SSSR count). The molecule has 0 atom stereocenters. The number of nitrogens with zero attached hydrogens (tertiary/aromatic N) is 4. The van der Waals surface area contributed by atoms with Crippen molar-refractivity contribution in [3.05, 3.63) is 24.7 Å². The molecule has 1 saturated heterocycles. The lowest BCUT2D eigenvalue weighted by Crippen LogP contribution is -2.48. The van der Waals surface area contributed by atoms with Crippen LogP contribution in [0.2, 0.25) is 0 Å². The zero-order valence-electron chi connectivity index (χ0n) is 12.9.